The van der Waals surface area contributed by atoms with Gasteiger partial charge in [0.25, 0.3) is 0 Å². The molecule has 2 aliphatic heterocycles. The number of halogens is 1. The number of allylic oxidation sites excluding steroid dienone is 2. The number of carbonyl (C=O) groups is 2. The molecule has 0 saturated heterocycles. The van der Waals surface area contributed by atoms with Crippen molar-refractivity contribution in [3.63, 3.8) is 0 Å². The Hall–Kier alpha value is -2.83. The maximum atomic E-state index is 13.6. The molecule has 160 valence electrons. The molecule has 6 heteroatoms. The van der Waals surface area contributed by atoms with Crippen LogP contribution in [0.2, 0.25) is 0 Å². The molecule has 0 saturated carbocycles. The van der Waals surface area contributed by atoms with Gasteiger partial charge in [0, 0.05) is 27.2 Å². The number of hydrogen-bond donors (Lipinski definition) is 1. The van der Waals surface area contributed by atoms with Gasteiger partial charge in [-0.2, -0.15) is 0 Å². The summed E-state index contributed by atoms with van der Waals surface area (Å²) in [4.78, 5) is 27.6. The smallest absolute Gasteiger partial charge is 0.246 e. The third-order valence-corrected chi connectivity index (χ3v) is 8.28. The number of anilines is 1. The van der Waals surface area contributed by atoms with Crippen molar-refractivity contribution in [1.29, 1.82) is 0 Å². The van der Waals surface area contributed by atoms with Crippen molar-refractivity contribution in [3.05, 3.63) is 105 Å². The van der Waals surface area contributed by atoms with Gasteiger partial charge in [-0.1, -0.05) is 70.2 Å². The molecule has 3 aromatic carbocycles. The Morgan fingerprint density at radius 1 is 1.06 bits per heavy atom. The minimum atomic E-state index is -0.941. The van der Waals surface area contributed by atoms with E-state index >= 15 is 0 Å². The van der Waals surface area contributed by atoms with Crippen molar-refractivity contribution in [2.45, 2.75) is 17.1 Å². The lowest BCUT2D eigenvalue weighted by molar-refractivity contribution is -0.118. The van der Waals surface area contributed by atoms with Gasteiger partial charge in [-0.15, -0.1) is 0 Å². The van der Waals surface area contributed by atoms with Crippen LogP contribution >= 0.6 is 27.7 Å². The normalized spacial score (nSPS) is 21.6. The molecule has 4 nitrogen and oxygen atoms in total. The van der Waals surface area contributed by atoms with E-state index in [0.29, 0.717) is 22.6 Å². The largest absolute Gasteiger partial charge is 0.497 e. The topological polar surface area (TPSA) is 55.4 Å². The third kappa shape index (κ3) is 3.29. The molecule has 0 bridgehead atoms. The summed E-state index contributed by atoms with van der Waals surface area (Å²) in [7, 11) is 1.60. The number of rotatable bonds is 4. The number of nitrogens with one attached hydrogen (secondary N) is 1. The van der Waals surface area contributed by atoms with Crippen LogP contribution in [0.3, 0.4) is 0 Å². The standard InChI is InChI=1S/C26H20BrNO3S/c1-31-18-12-10-17(11-13-18)24(29)22-15-14-19(16-6-3-2-4-7-16)26(32-22)23-20(27)8-5-9-21(23)28-25(26)30/h2-13,15,19H,14H2,1H3,(H,28,30)/t19-,26-/m0/s1. The van der Waals surface area contributed by atoms with E-state index in [0.717, 1.165) is 21.3 Å². The van der Waals surface area contributed by atoms with Crippen LogP contribution in [0.25, 0.3) is 0 Å². The minimum Gasteiger partial charge on any atom is -0.497 e. The summed E-state index contributed by atoms with van der Waals surface area (Å²) in [5, 5.41) is 3.07. The average molecular weight is 506 g/mol. The highest BCUT2D eigenvalue weighted by molar-refractivity contribution is 9.10. The molecule has 0 unspecified atom stereocenters. The minimum absolute atomic E-state index is 0.0863. The molecule has 0 radical (unpaired) electrons. The van der Waals surface area contributed by atoms with Crippen LogP contribution in [0, 0.1) is 0 Å². The van der Waals surface area contributed by atoms with Crippen LogP contribution in [-0.2, 0) is 9.54 Å². The SMILES string of the molecule is COc1ccc(C(=O)C2=CC[C@@H](c3ccccc3)[C@@]3(S2)C(=O)Nc2cccc(Br)c23)cc1. The van der Waals surface area contributed by atoms with Gasteiger partial charge in [0.05, 0.1) is 12.0 Å². The number of thioether (sulfide) groups is 1. The van der Waals surface area contributed by atoms with E-state index in [9.17, 15) is 9.59 Å². The predicted octanol–water partition coefficient (Wildman–Crippen LogP) is 6.29. The summed E-state index contributed by atoms with van der Waals surface area (Å²) in [5.41, 5.74) is 3.34. The number of amides is 1. The molecular formula is C26H20BrNO3S. The van der Waals surface area contributed by atoms with Crippen LogP contribution in [-0.4, -0.2) is 18.8 Å². The second kappa shape index (κ2) is 8.26. The quantitative estimate of drug-likeness (QED) is 0.423. The average Bonchev–Trinajstić information content (AvgIpc) is 3.11. The molecule has 1 spiro atoms. The summed E-state index contributed by atoms with van der Waals surface area (Å²) in [6, 6.07) is 22.9. The predicted molar refractivity (Wildman–Crippen MR) is 131 cm³/mol. The molecule has 2 atom stereocenters. The lowest BCUT2D eigenvalue weighted by Gasteiger charge is -2.39. The first-order valence-corrected chi connectivity index (χ1v) is 11.9. The number of hydrogen-bond acceptors (Lipinski definition) is 4. The van der Waals surface area contributed by atoms with Crippen LogP contribution in [0.15, 0.2) is 88.3 Å². The van der Waals surface area contributed by atoms with Crippen LogP contribution in [0.4, 0.5) is 5.69 Å². The number of carbonyl (C=O) groups excluding carboxylic acids is 2. The van der Waals surface area contributed by atoms with Crippen molar-refractivity contribution < 1.29 is 14.3 Å². The maximum absolute atomic E-state index is 13.6. The fourth-order valence-electron chi connectivity index (χ4n) is 4.52. The highest BCUT2D eigenvalue weighted by atomic mass is 79.9. The fourth-order valence-corrected chi connectivity index (χ4v) is 6.91. The van der Waals surface area contributed by atoms with Crippen molar-refractivity contribution in [2.75, 3.05) is 12.4 Å². The lowest BCUT2D eigenvalue weighted by Crippen LogP contribution is -2.40. The van der Waals surface area contributed by atoms with Gasteiger partial charge in [-0.25, -0.2) is 0 Å². The number of Topliss-reactive ketones (excluding diaryl/α,β-unsaturated/α-hetero) is 1. The van der Waals surface area contributed by atoms with Gasteiger partial charge >= 0.3 is 0 Å². The van der Waals surface area contributed by atoms with Crippen molar-refractivity contribution in [3.8, 4) is 5.75 Å². The molecule has 0 aliphatic carbocycles. The monoisotopic (exact) mass is 505 g/mol. The number of ether oxygens (including phenoxy) is 1. The van der Waals surface area contributed by atoms with Crippen molar-refractivity contribution in [1.82, 2.24) is 0 Å². The van der Waals surface area contributed by atoms with Gasteiger partial charge < -0.3 is 10.1 Å². The van der Waals surface area contributed by atoms with E-state index in [1.807, 2.05) is 42.5 Å². The number of fused-ring (bicyclic) bond motifs is 2. The fraction of sp³-hybridized carbons (Fsp3) is 0.154. The zero-order chi connectivity index (χ0) is 22.3. The number of benzene rings is 3. The Balaban J connectivity index is 1.63. The Morgan fingerprint density at radius 2 is 1.81 bits per heavy atom. The van der Waals surface area contributed by atoms with Gasteiger partial charge in [0.2, 0.25) is 5.91 Å². The van der Waals surface area contributed by atoms with Crippen LogP contribution in [0.5, 0.6) is 5.75 Å². The van der Waals surface area contributed by atoms with Crippen molar-refractivity contribution in [2.24, 2.45) is 0 Å². The third-order valence-electron chi connectivity index (χ3n) is 6.05. The summed E-state index contributed by atoms with van der Waals surface area (Å²) < 4.78 is 5.13. The van der Waals surface area contributed by atoms with Crippen LogP contribution in [0.1, 0.15) is 33.8 Å². The maximum Gasteiger partial charge on any atom is 0.246 e. The molecule has 2 aliphatic rings. The first kappa shape index (κ1) is 21.0. The molecule has 0 aromatic heterocycles. The highest BCUT2D eigenvalue weighted by Crippen LogP contribution is 2.61. The van der Waals surface area contributed by atoms with Crippen molar-refractivity contribution >= 4 is 45.1 Å². The van der Waals surface area contributed by atoms with E-state index in [1.54, 1.807) is 31.4 Å². The Kier molecular flexibility index (Phi) is 5.43. The zero-order valence-electron chi connectivity index (χ0n) is 17.3. The molecule has 1 N–H and O–H groups in total. The lowest BCUT2D eigenvalue weighted by atomic mass is 9.78. The molecule has 0 fully saturated rings. The first-order chi connectivity index (χ1) is 15.5. The molecule has 5 rings (SSSR count). The molecule has 3 aromatic rings. The van der Waals surface area contributed by atoms with E-state index in [2.05, 4.69) is 33.4 Å². The van der Waals surface area contributed by atoms with Gasteiger partial charge in [0.15, 0.2) is 5.78 Å². The Bertz CT molecular complexity index is 1240. The van der Waals surface area contributed by atoms with Gasteiger partial charge in [-0.3, -0.25) is 9.59 Å². The van der Waals surface area contributed by atoms with Gasteiger partial charge in [-0.05, 0) is 48.4 Å². The first-order valence-electron chi connectivity index (χ1n) is 10.3. The summed E-state index contributed by atoms with van der Waals surface area (Å²) >= 11 is 5.04. The molecular weight excluding hydrogens is 486 g/mol. The second-order valence-corrected chi connectivity index (χ2v) is 9.92. The number of ketones is 1. The Morgan fingerprint density at radius 3 is 2.53 bits per heavy atom. The van der Waals surface area contributed by atoms with E-state index < -0.39 is 4.75 Å². The molecule has 2 heterocycles. The Labute approximate surface area is 199 Å². The summed E-state index contributed by atoms with van der Waals surface area (Å²) in [6.07, 6.45) is 2.56. The summed E-state index contributed by atoms with van der Waals surface area (Å²) in [5.74, 6) is 0.407. The van der Waals surface area contributed by atoms with E-state index in [4.69, 9.17) is 4.74 Å². The molecule has 1 amide bonds. The second-order valence-electron chi connectivity index (χ2n) is 7.78. The summed E-state index contributed by atoms with van der Waals surface area (Å²) in [6.45, 7) is 0. The number of methoxy groups -OCH3 is 1. The van der Waals surface area contributed by atoms with Gasteiger partial charge in [0.1, 0.15) is 10.5 Å². The van der Waals surface area contributed by atoms with E-state index in [1.165, 1.54) is 11.8 Å². The molecule has 32 heavy (non-hydrogen) atoms. The van der Waals surface area contributed by atoms with E-state index in [-0.39, 0.29) is 17.6 Å². The zero-order valence-corrected chi connectivity index (χ0v) is 19.7. The van der Waals surface area contributed by atoms with Crippen LogP contribution < -0.4 is 10.1 Å². The highest BCUT2D eigenvalue weighted by Gasteiger charge is 2.56.